The molecule has 0 amide bonds. The van der Waals surface area contributed by atoms with Gasteiger partial charge in [-0.15, -0.1) is 0 Å². The maximum absolute atomic E-state index is 4.41. The summed E-state index contributed by atoms with van der Waals surface area (Å²) in [5.74, 6) is 1.11. The topological polar surface area (TPSA) is 42.7 Å². The number of hydrogen-bond acceptors (Lipinski definition) is 3. The van der Waals surface area contributed by atoms with E-state index in [0.717, 1.165) is 25.3 Å². The first-order valence-electron chi connectivity index (χ1n) is 7.11. The molecule has 0 saturated heterocycles. The van der Waals surface area contributed by atoms with Crippen molar-refractivity contribution in [1.82, 2.24) is 20.1 Å². The van der Waals surface area contributed by atoms with Crippen LogP contribution in [0.5, 0.6) is 0 Å². The Balaban J connectivity index is 2.72. The number of nitrogens with zero attached hydrogens (tertiary/aromatic N) is 3. The Morgan fingerprint density at radius 3 is 2.67 bits per heavy atom. The second-order valence-electron chi connectivity index (χ2n) is 5.77. The van der Waals surface area contributed by atoms with E-state index in [9.17, 15) is 0 Å². The van der Waals surface area contributed by atoms with Crippen molar-refractivity contribution in [2.24, 2.45) is 5.41 Å². The maximum Gasteiger partial charge on any atom is 0.138 e. The molecular weight excluding hydrogens is 224 g/mol. The summed E-state index contributed by atoms with van der Waals surface area (Å²) in [6.45, 7) is 13.0. The van der Waals surface area contributed by atoms with Crippen molar-refractivity contribution in [2.45, 2.75) is 66.5 Å². The number of rotatable bonds is 8. The standard InChI is InChI=1S/C14H28N4/c1-6-8-14(5,10-15-12(3)4)9-13-16-11-17-18(13)7-2/h11-12,15H,6-10H2,1-5H3. The summed E-state index contributed by atoms with van der Waals surface area (Å²) in [6.07, 6.45) is 5.08. The summed E-state index contributed by atoms with van der Waals surface area (Å²) >= 11 is 0. The van der Waals surface area contributed by atoms with E-state index in [0.29, 0.717) is 6.04 Å². The quantitative estimate of drug-likeness (QED) is 0.773. The Morgan fingerprint density at radius 1 is 1.39 bits per heavy atom. The largest absolute Gasteiger partial charge is 0.314 e. The van der Waals surface area contributed by atoms with Crippen LogP contribution < -0.4 is 5.32 Å². The van der Waals surface area contributed by atoms with Gasteiger partial charge in [-0.05, 0) is 18.8 Å². The molecule has 1 rings (SSSR count). The molecule has 0 fully saturated rings. The summed E-state index contributed by atoms with van der Waals surface area (Å²) in [7, 11) is 0. The van der Waals surface area contributed by atoms with Gasteiger partial charge in [-0.1, -0.05) is 34.1 Å². The molecule has 1 N–H and O–H groups in total. The molecule has 4 nitrogen and oxygen atoms in total. The van der Waals surface area contributed by atoms with Crippen molar-refractivity contribution in [1.29, 1.82) is 0 Å². The molecule has 0 saturated carbocycles. The lowest BCUT2D eigenvalue weighted by Crippen LogP contribution is -2.37. The van der Waals surface area contributed by atoms with Gasteiger partial charge >= 0.3 is 0 Å². The Hall–Kier alpha value is -0.900. The minimum Gasteiger partial charge on any atom is -0.314 e. The number of aromatic nitrogens is 3. The van der Waals surface area contributed by atoms with Gasteiger partial charge in [0, 0.05) is 25.6 Å². The summed E-state index contributed by atoms with van der Waals surface area (Å²) in [5.41, 5.74) is 0.263. The van der Waals surface area contributed by atoms with Gasteiger partial charge in [-0.2, -0.15) is 5.10 Å². The molecule has 0 aromatic carbocycles. The normalized spacial score (nSPS) is 15.0. The van der Waals surface area contributed by atoms with Crippen LogP contribution >= 0.6 is 0 Å². The van der Waals surface area contributed by atoms with E-state index in [1.54, 1.807) is 6.33 Å². The molecule has 0 bridgehead atoms. The second kappa shape index (κ2) is 6.88. The summed E-state index contributed by atoms with van der Waals surface area (Å²) < 4.78 is 2.00. The second-order valence-corrected chi connectivity index (χ2v) is 5.77. The summed E-state index contributed by atoms with van der Waals surface area (Å²) in [6, 6.07) is 0.533. The van der Waals surface area contributed by atoms with E-state index >= 15 is 0 Å². The van der Waals surface area contributed by atoms with Crippen molar-refractivity contribution in [3.8, 4) is 0 Å². The van der Waals surface area contributed by atoms with Gasteiger partial charge in [0.25, 0.3) is 0 Å². The van der Waals surface area contributed by atoms with Crippen molar-refractivity contribution < 1.29 is 0 Å². The first-order valence-corrected chi connectivity index (χ1v) is 7.11. The van der Waals surface area contributed by atoms with E-state index in [2.05, 4.69) is 50.0 Å². The van der Waals surface area contributed by atoms with E-state index < -0.39 is 0 Å². The highest BCUT2D eigenvalue weighted by atomic mass is 15.3. The molecule has 0 aliphatic rings. The zero-order chi connectivity index (χ0) is 13.6. The highest BCUT2D eigenvalue weighted by Crippen LogP contribution is 2.27. The van der Waals surface area contributed by atoms with E-state index in [-0.39, 0.29) is 5.41 Å². The maximum atomic E-state index is 4.41. The number of aryl methyl sites for hydroxylation is 1. The third-order valence-corrected chi connectivity index (χ3v) is 3.37. The molecule has 0 aliphatic heterocycles. The molecule has 18 heavy (non-hydrogen) atoms. The smallest absolute Gasteiger partial charge is 0.138 e. The fraction of sp³-hybridized carbons (Fsp3) is 0.857. The van der Waals surface area contributed by atoms with Crippen LogP contribution in [-0.4, -0.2) is 27.4 Å². The lowest BCUT2D eigenvalue weighted by molar-refractivity contribution is 0.258. The summed E-state index contributed by atoms with van der Waals surface area (Å²) in [4.78, 5) is 4.41. The van der Waals surface area contributed by atoms with Crippen LogP contribution in [0.2, 0.25) is 0 Å². The molecule has 1 heterocycles. The van der Waals surface area contributed by atoms with Gasteiger partial charge in [0.15, 0.2) is 0 Å². The average Bonchev–Trinajstić information content (AvgIpc) is 2.74. The minimum atomic E-state index is 0.263. The first-order chi connectivity index (χ1) is 8.50. The highest BCUT2D eigenvalue weighted by molar-refractivity contribution is 4.93. The van der Waals surface area contributed by atoms with E-state index in [1.165, 1.54) is 12.8 Å². The van der Waals surface area contributed by atoms with Gasteiger partial charge in [-0.25, -0.2) is 4.98 Å². The molecule has 0 aliphatic carbocycles. The Kier molecular flexibility index (Phi) is 5.79. The molecule has 104 valence electrons. The molecular formula is C14H28N4. The fourth-order valence-electron chi connectivity index (χ4n) is 2.36. The third-order valence-electron chi connectivity index (χ3n) is 3.37. The predicted molar refractivity (Wildman–Crippen MR) is 75.6 cm³/mol. The van der Waals surface area contributed by atoms with E-state index in [4.69, 9.17) is 0 Å². The van der Waals surface area contributed by atoms with Crippen molar-refractivity contribution in [3.63, 3.8) is 0 Å². The van der Waals surface area contributed by atoms with Gasteiger partial charge in [0.05, 0.1) is 0 Å². The van der Waals surface area contributed by atoms with Crippen LogP contribution in [0.1, 0.15) is 53.3 Å². The van der Waals surface area contributed by atoms with Crippen LogP contribution in [0.4, 0.5) is 0 Å². The third kappa shape index (κ3) is 4.41. The van der Waals surface area contributed by atoms with Crippen LogP contribution in [0.3, 0.4) is 0 Å². The van der Waals surface area contributed by atoms with Crippen LogP contribution in [-0.2, 0) is 13.0 Å². The number of hydrogen-bond donors (Lipinski definition) is 1. The molecule has 1 unspecified atom stereocenters. The zero-order valence-electron chi connectivity index (χ0n) is 12.5. The van der Waals surface area contributed by atoms with Gasteiger partial charge in [-0.3, -0.25) is 4.68 Å². The highest BCUT2D eigenvalue weighted by Gasteiger charge is 2.26. The SMILES string of the molecule is CCCC(C)(CNC(C)C)Cc1ncnn1CC. The van der Waals surface area contributed by atoms with Crippen molar-refractivity contribution >= 4 is 0 Å². The van der Waals surface area contributed by atoms with Crippen molar-refractivity contribution in [3.05, 3.63) is 12.2 Å². The molecule has 4 heteroatoms. The molecule has 0 radical (unpaired) electrons. The first kappa shape index (κ1) is 15.2. The molecule has 1 aromatic rings. The van der Waals surface area contributed by atoms with Crippen LogP contribution in [0, 0.1) is 5.41 Å². The Morgan fingerprint density at radius 2 is 2.11 bits per heavy atom. The molecule has 1 aromatic heterocycles. The van der Waals surface area contributed by atoms with Crippen LogP contribution in [0.25, 0.3) is 0 Å². The van der Waals surface area contributed by atoms with E-state index in [1.807, 2.05) is 4.68 Å². The molecule has 0 spiro atoms. The zero-order valence-corrected chi connectivity index (χ0v) is 12.5. The monoisotopic (exact) mass is 252 g/mol. The molecule has 1 atom stereocenters. The predicted octanol–water partition coefficient (Wildman–Crippen LogP) is 2.64. The summed E-state index contributed by atoms with van der Waals surface area (Å²) in [5, 5.41) is 7.82. The Labute approximate surface area is 111 Å². The minimum absolute atomic E-state index is 0.263. The lowest BCUT2D eigenvalue weighted by atomic mass is 9.81. The Bertz CT molecular complexity index is 345. The lowest BCUT2D eigenvalue weighted by Gasteiger charge is -2.30. The van der Waals surface area contributed by atoms with Crippen molar-refractivity contribution in [2.75, 3.05) is 6.54 Å². The van der Waals surface area contributed by atoms with Crippen LogP contribution in [0.15, 0.2) is 6.33 Å². The van der Waals surface area contributed by atoms with Gasteiger partial charge in [0.2, 0.25) is 0 Å². The fourth-order valence-corrected chi connectivity index (χ4v) is 2.36. The van der Waals surface area contributed by atoms with Gasteiger partial charge in [0.1, 0.15) is 12.2 Å². The average molecular weight is 252 g/mol. The number of nitrogens with one attached hydrogen (secondary N) is 1. The van der Waals surface area contributed by atoms with Gasteiger partial charge < -0.3 is 5.32 Å².